The average molecular weight is 240 g/mol. The molecule has 2 rings (SSSR count). The summed E-state index contributed by atoms with van der Waals surface area (Å²) >= 11 is 7.20. The van der Waals surface area contributed by atoms with E-state index in [-0.39, 0.29) is 11.1 Å². The van der Waals surface area contributed by atoms with E-state index < -0.39 is 0 Å². The van der Waals surface area contributed by atoms with Gasteiger partial charge in [0.05, 0.1) is 0 Å². The van der Waals surface area contributed by atoms with Crippen molar-refractivity contribution < 1.29 is 0 Å². The van der Waals surface area contributed by atoms with Gasteiger partial charge in [0.1, 0.15) is 10.0 Å². The van der Waals surface area contributed by atoms with Crippen LogP contribution in [0.2, 0.25) is 4.34 Å². The molecular weight excluding hydrogens is 230 g/mol. The first-order valence-corrected chi connectivity index (χ1v) is 5.83. The molecule has 0 unspecified atom stereocenters. The van der Waals surface area contributed by atoms with E-state index >= 15 is 0 Å². The van der Waals surface area contributed by atoms with Gasteiger partial charge in [-0.15, -0.1) is 11.3 Å². The molecule has 1 heterocycles. The summed E-state index contributed by atoms with van der Waals surface area (Å²) in [6.45, 7) is 2.05. The molecular formula is C11H10ClNOS. The van der Waals surface area contributed by atoms with Crippen LogP contribution in [0.15, 0.2) is 23.0 Å². The van der Waals surface area contributed by atoms with Crippen LogP contribution >= 0.6 is 22.9 Å². The van der Waals surface area contributed by atoms with Crippen molar-refractivity contribution in [3.63, 3.8) is 0 Å². The number of nitrogen functional groups attached to an aromatic ring is 1. The number of anilines is 1. The number of halogens is 1. The molecule has 0 aliphatic heterocycles. The first-order valence-electron chi connectivity index (χ1n) is 4.64. The zero-order chi connectivity index (χ0) is 11.0. The fourth-order valence-electron chi connectivity index (χ4n) is 1.45. The molecule has 2 N–H and O–H groups in total. The second-order valence-corrected chi connectivity index (χ2v) is 4.96. The van der Waals surface area contributed by atoms with Gasteiger partial charge in [-0.3, -0.25) is 4.79 Å². The van der Waals surface area contributed by atoms with Gasteiger partial charge in [0.2, 0.25) is 5.43 Å². The third-order valence-electron chi connectivity index (χ3n) is 2.35. The van der Waals surface area contributed by atoms with E-state index in [1.807, 2.05) is 25.1 Å². The molecule has 0 aliphatic carbocycles. The zero-order valence-corrected chi connectivity index (χ0v) is 9.78. The Balaban J connectivity index is 2.88. The van der Waals surface area contributed by atoms with Crippen LogP contribution in [-0.4, -0.2) is 0 Å². The molecule has 1 aromatic carbocycles. The summed E-state index contributed by atoms with van der Waals surface area (Å²) in [6.07, 6.45) is 0.905. The molecule has 0 spiro atoms. The molecule has 1 aromatic heterocycles. The Morgan fingerprint density at radius 3 is 2.87 bits per heavy atom. The Morgan fingerprint density at radius 2 is 2.20 bits per heavy atom. The Bertz CT molecular complexity index is 577. The van der Waals surface area contributed by atoms with E-state index in [4.69, 9.17) is 17.3 Å². The number of nitrogens with two attached hydrogens (primary N) is 1. The van der Waals surface area contributed by atoms with Crippen LogP contribution in [0.3, 0.4) is 0 Å². The first kappa shape index (κ1) is 10.5. The van der Waals surface area contributed by atoms with E-state index in [0.717, 1.165) is 16.7 Å². The molecule has 0 aliphatic rings. The summed E-state index contributed by atoms with van der Waals surface area (Å²) < 4.78 is 1.26. The highest BCUT2D eigenvalue weighted by atomic mass is 35.5. The highest BCUT2D eigenvalue weighted by Crippen LogP contribution is 2.28. The molecule has 0 radical (unpaired) electrons. The van der Waals surface area contributed by atoms with E-state index in [1.165, 1.54) is 11.3 Å². The molecule has 0 bridgehead atoms. The van der Waals surface area contributed by atoms with Crippen molar-refractivity contribution in [2.75, 3.05) is 5.73 Å². The van der Waals surface area contributed by atoms with E-state index in [0.29, 0.717) is 9.72 Å². The number of fused-ring (bicyclic) bond motifs is 1. The van der Waals surface area contributed by atoms with Crippen LogP contribution < -0.4 is 11.2 Å². The van der Waals surface area contributed by atoms with E-state index in [9.17, 15) is 4.79 Å². The highest BCUT2D eigenvalue weighted by Gasteiger charge is 2.08. The Hall–Kier alpha value is -1.06. The fourth-order valence-corrected chi connectivity index (χ4v) is 2.58. The zero-order valence-electron chi connectivity index (χ0n) is 8.21. The van der Waals surface area contributed by atoms with Gasteiger partial charge >= 0.3 is 0 Å². The Morgan fingerprint density at radius 1 is 1.47 bits per heavy atom. The van der Waals surface area contributed by atoms with Gasteiger partial charge in [-0.1, -0.05) is 24.6 Å². The van der Waals surface area contributed by atoms with Crippen molar-refractivity contribution in [1.29, 1.82) is 0 Å². The summed E-state index contributed by atoms with van der Waals surface area (Å²) in [6, 6.07) is 5.82. The number of hydrogen-bond acceptors (Lipinski definition) is 3. The molecule has 4 heteroatoms. The maximum absolute atomic E-state index is 11.8. The van der Waals surface area contributed by atoms with Gasteiger partial charge in [0, 0.05) is 10.1 Å². The molecule has 0 fully saturated rings. The molecule has 2 aromatic rings. The lowest BCUT2D eigenvalue weighted by Gasteiger charge is -2.02. The monoisotopic (exact) mass is 239 g/mol. The number of benzene rings is 1. The lowest BCUT2D eigenvalue weighted by atomic mass is 10.1. The van der Waals surface area contributed by atoms with Crippen molar-refractivity contribution in [3.05, 3.63) is 38.3 Å². The van der Waals surface area contributed by atoms with Gasteiger partial charge in [0.15, 0.2) is 0 Å². The van der Waals surface area contributed by atoms with Gasteiger partial charge < -0.3 is 5.73 Å². The molecule has 0 saturated carbocycles. The molecule has 0 atom stereocenters. The van der Waals surface area contributed by atoms with E-state index in [1.54, 1.807) is 0 Å². The van der Waals surface area contributed by atoms with Gasteiger partial charge in [-0.2, -0.15) is 0 Å². The first-order chi connectivity index (χ1) is 7.13. The predicted molar refractivity (Wildman–Crippen MR) is 66.9 cm³/mol. The molecule has 15 heavy (non-hydrogen) atoms. The fraction of sp³-hybridized carbons (Fsp3) is 0.182. The second kappa shape index (κ2) is 3.83. The third-order valence-corrected chi connectivity index (χ3v) is 3.76. The number of aryl methyl sites for hydroxylation is 1. The third kappa shape index (κ3) is 1.73. The van der Waals surface area contributed by atoms with Crippen LogP contribution in [0.1, 0.15) is 12.5 Å². The van der Waals surface area contributed by atoms with Gasteiger partial charge in [-0.25, -0.2) is 0 Å². The van der Waals surface area contributed by atoms with E-state index in [2.05, 4.69) is 0 Å². The maximum atomic E-state index is 11.8. The summed E-state index contributed by atoms with van der Waals surface area (Å²) in [7, 11) is 0. The normalized spacial score (nSPS) is 10.8. The van der Waals surface area contributed by atoms with Crippen molar-refractivity contribution in [3.8, 4) is 0 Å². The summed E-state index contributed by atoms with van der Waals surface area (Å²) in [5.74, 6) is 0. The Kier molecular flexibility index (Phi) is 2.67. The van der Waals surface area contributed by atoms with Crippen LogP contribution in [-0.2, 0) is 6.42 Å². The van der Waals surface area contributed by atoms with Crippen LogP contribution in [0, 0.1) is 0 Å². The summed E-state index contributed by atoms with van der Waals surface area (Å²) in [4.78, 5) is 11.8. The van der Waals surface area contributed by atoms with Gasteiger partial charge in [-0.05, 0) is 24.1 Å². The van der Waals surface area contributed by atoms with Crippen molar-refractivity contribution in [1.82, 2.24) is 0 Å². The van der Waals surface area contributed by atoms with Crippen LogP contribution in [0.25, 0.3) is 10.1 Å². The summed E-state index contributed by atoms with van der Waals surface area (Å²) in [5, 5.41) is 0.668. The van der Waals surface area contributed by atoms with Crippen molar-refractivity contribution in [2.24, 2.45) is 0 Å². The summed E-state index contributed by atoms with van der Waals surface area (Å²) in [5.41, 5.74) is 6.73. The van der Waals surface area contributed by atoms with Crippen LogP contribution in [0.4, 0.5) is 5.69 Å². The number of rotatable bonds is 1. The minimum atomic E-state index is -0.163. The predicted octanol–water partition coefficient (Wildman–Crippen LogP) is 3.06. The number of hydrogen-bond donors (Lipinski definition) is 1. The molecule has 78 valence electrons. The van der Waals surface area contributed by atoms with Gasteiger partial charge in [0.25, 0.3) is 0 Å². The quantitative estimate of drug-likeness (QED) is 0.831. The molecule has 0 saturated heterocycles. The standard InChI is InChI=1S/C11H10ClNOS/c1-2-6-3-4-8-7(5-6)10(14)9(13)11(12)15-8/h3-5H,2,13H2,1H3. The lowest BCUT2D eigenvalue weighted by molar-refractivity contribution is 1.15. The molecule has 0 amide bonds. The molecule has 2 nitrogen and oxygen atoms in total. The Labute approximate surface area is 96.3 Å². The largest absolute Gasteiger partial charge is 0.394 e. The minimum absolute atomic E-state index is 0.155. The average Bonchev–Trinajstić information content (AvgIpc) is 2.26. The smallest absolute Gasteiger partial charge is 0.212 e. The topological polar surface area (TPSA) is 43.1 Å². The second-order valence-electron chi connectivity index (χ2n) is 3.30. The SMILES string of the molecule is CCc1ccc2sc(Cl)c(N)c(=O)c2c1. The highest BCUT2D eigenvalue weighted by molar-refractivity contribution is 7.22. The lowest BCUT2D eigenvalue weighted by Crippen LogP contribution is -2.07. The minimum Gasteiger partial charge on any atom is -0.394 e. The van der Waals surface area contributed by atoms with Crippen molar-refractivity contribution in [2.45, 2.75) is 13.3 Å². The van der Waals surface area contributed by atoms with Crippen LogP contribution in [0.5, 0.6) is 0 Å². The van der Waals surface area contributed by atoms with Crippen molar-refractivity contribution >= 4 is 38.7 Å². The maximum Gasteiger partial charge on any atom is 0.212 e.